The maximum Gasteiger partial charge on any atom is 0.113 e. The molecule has 1 N–H and O–H groups in total. The molecule has 1 heterocycles. The molecule has 0 fully saturated rings. The average molecular weight is 343 g/mol. The van der Waals surface area contributed by atoms with Crippen LogP contribution in [-0.4, -0.2) is 13.2 Å². The van der Waals surface area contributed by atoms with Crippen LogP contribution in [0.25, 0.3) is 0 Å². The molecule has 92 valence electrons. The summed E-state index contributed by atoms with van der Waals surface area (Å²) in [5, 5.41) is 3.49. The van der Waals surface area contributed by atoms with Crippen molar-refractivity contribution in [1.82, 2.24) is 5.32 Å². The quantitative estimate of drug-likeness (QED) is 0.843. The maximum absolute atomic E-state index is 5.77. The van der Waals surface area contributed by atoms with Crippen molar-refractivity contribution >= 4 is 22.6 Å². The molecule has 17 heavy (non-hydrogen) atoms. The largest absolute Gasteiger partial charge is 0.496 e. The van der Waals surface area contributed by atoms with Crippen molar-refractivity contribution in [3.05, 3.63) is 45.2 Å². The van der Waals surface area contributed by atoms with Gasteiger partial charge in [0.25, 0.3) is 0 Å². The second-order valence-corrected chi connectivity index (χ2v) is 5.39. The molecule has 0 aliphatic carbocycles. The van der Waals surface area contributed by atoms with E-state index in [1.165, 1.54) is 9.13 Å². The Morgan fingerprint density at radius 3 is 2.71 bits per heavy atom. The predicted molar refractivity (Wildman–Crippen MR) is 78.8 cm³/mol. The van der Waals surface area contributed by atoms with Gasteiger partial charge in [0.1, 0.15) is 5.76 Å². The Bertz CT molecular complexity index is 386. The molecule has 0 spiro atoms. The molecule has 1 unspecified atom stereocenters. The van der Waals surface area contributed by atoms with Crippen molar-refractivity contribution in [3.63, 3.8) is 0 Å². The zero-order valence-electron chi connectivity index (χ0n) is 10.1. The van der Waals surface area contributed by atoms with Gasteiger partial charge in [-0.1, -0.05) is 19.1 Å². The summed E-state index contributed by atoms with van der Waals surface area (Å²) in [5.41, 5.74) is 1.28. The molecule has 0 saturated carbocycles. The summed E-state index contributed by atoms with van der Waals surface area (Å²) in [6.07, 6.45) is 4.48. The van der Waals surface area contributed by atoms with Crippen LogP contribution in [0.5, 0.6) is 0 Å². The fourth-order valence-electron chi connectivity index (χ4n) is 2.02. The van der Waals surface area contributed by atoms with E-state index in [0.717, 1.165) is 31.8 Å². The van der Waals surface area contributed by atoms with E-state index in [-0.39, 0.29) is 6.04 Å². The third-order valence-electron chi connectivity index (χ3n) is 2.86. The highest BCUT2D eigenvalue weighted by Gasteiger charge is 2.18. The molecule has 0 aromatic heterocycles. The lowest BCUT2D eigenvalue weighted by Gasteiger charge is -2.24. The first-order valence-corrected chi connectivity index (χ1v) is 7.21. The Balaban J connectivity index is 2.21. The highest BCUT2D eigenvalue weighted by molar-refractivity contribution is 14.1. The Labute approximate surface area is 117 Å². The van der Waals surface area contributed by atoms with Crippen LogP contribution in [0.4, 0.5) is 0 Å². The van der Waals surface area contributed by atoms with Gasteiger partial charge in [-0.25, -0.2) is 0 Å². The van der Waals surface area contributed by atoms with Gasteiger partial charge >= 0.3 is 0 Å². The first-order valence-electron chi connectivity index (χ1n) is 6.13. The molecule has 0 radical (unpaired) electrons. The highest BCUT2D eigenvalue weighted by Crippen LogP contribution is 2.26. The molecule has 3 heteroatoms. The smallest absolute Gasteiger partial charge is 0.113 e. The van der Waals surface area contributed by atoms with Crippen molar-refractivity contribution in [3.8, 4) is 0 Å². The minimum Gasteiger partial charge on any atom is -0.496 e. The lowest BCUT2D eigenvalue weighted by atomic mass is 10.0. The number of halogens is 1. The van der Waals surface area contributed by atoms with E-state index in [4.69, 9.17) is 4.74 Å². The lowest BCUT2D eigenvalue weighted by Crippen LogP contribution is -2.25. The molecule has 2 rings (SSSR count). The second kappa shape index (κ2) is 6.40. The standard InChI is InChI=1S/C14H18INO/c1-2-16-14(13-5-3-4-10-17-13)11-6-8-12(15)9-7-11/h5-9,14,16H,2-4,10H2,1H3. The van der Waals surface area contributed by atoms with Crippen LogP contribution >= 0.6 is 22.6 Å². The highest BCUT2D eigenvalue weighted by atomic mass is 127. The molecule has 0 saturated heterocycles. The number of allylic oxidation sites excluding steroid dienone is 1. The first-order chi connectivity index (χ1) is 8.31. The number of ether oxygens (including phenoxy) is 1. The molecular weight excluding hydrogens is 325 g/mol. The van der Waals surface area contributed by atoms with Gasteiger partial charge < -0.3 is 10.1 Å². The van der Waals surface area contributed by atoms with Crippen LogP contribution in [0.15, 0.2) is 36.1 Å². The number of benzene rings is 1. The number of nitrogens with one attached hydrogen (secondary N) is 1. The Morgan fingerprint density at radius 1 is 1.35 bits per heavy atom. The number of rotatable bonds is 4. The van der Waals surface area contributed by atoms with Crippen molar-refractivity contribution in [2.24, 2.45) is 0 Å². The molecule has 1 aromatic carbocycles. The fourth-order valence-corrected chi connectivity index (χ4v) is 2.38. The summed E-state index contributed by atoms with van der Waals surface area (Å²) in [6, 6.07) is 8.84. The topological polar surface area (TPSA) is 21.3 Å². The monoisotopic (exact) mass is 343 g/mol. The molecule has 1 aliphatic heterocycles. The van der Waals surface area contributed by atoms with Crippen LogP contribution < -0.4 is 5.32 Å². The minimum atomic E-state index is 0.206. The van der Waals surface area contributed by atoms with Crippen molar-refractivity contribution in [2.75, 3.05) is 13.2 Å². The second-order valence-electron chi connectivity index (χ2n) is 4.14. The Kier molecular flexibility index (Phi) is 4.86. The van der Waals surface area contributed by atoms with E-state index in [1.54, 1.807) is 0 Å². The molecule has 1 aromatic rings. The van der Waals surface area contributed by atoms with Crippen LogP contribution in [-0.2, 0) is 4.74 Å². The summed E-state index contributed by atoms with van der Waals surface area (Å²) in [5.74, 6) is 1.08. The van der Waals surface area contributed by atoms with E-state index in [2.05, 4.69) is 65.2 Å². The Hall–Kier alpha value is -0.550. The van der Waals surface area contributed by atoms with Crippen LogP contribution in [0, 0.1) is 3.57 Å². The molecule has 0 amide bonds. The SMILES string of the molecule is CCNC(C1=CCCCO1)c1ccc(I)cc1. The van der Waals surface area contributed by atoms with Gasteiger partial charge in [-0.05, 0) is 65.7 Å². The first kappa shape index (κ1) is 12.9. The molecule has 1 aliphatic rings. The zero-order valence-corrected chi connectivity index (χ0v) is 12.2. The summed E-state index contributed by atoms with van der Waals surface area (Å²) in [7, 11) is 0. The zero-order chi connectivity index (χ0) is 12.1. The fraction of sp³-hybridized carbons (Fsp3) is 0.429. The number of likely N-dealkylation sites (N-methyl/N-ethyl adjacent to an activating group) is 1. The van der Waals surface area contributed by atoms with Crippen molar-refractivity contribution in [2.45, 2.75) is 25.8 Å². The van der Waals surface area contributed by atoms with Gasteiger partial charge in [0.2, 0.25) is 0 Å². The Morgan fingerprint density at radius 2 is 2.12 bits per heavy atom. The van der Waals surface area contributed by atoms with Gasteiger partial charge in [0.05, 0.1) is 12.6 Å². The van der Waals surface area contributed by atoms with Gasteiger partial charge in [-0.15, -0.1) is 0 Å². The minimum absolute atomic E-state index is 0.206. The normalized spacial score (nSPS) is 17.2. The summed E-state index contributed by atoms with van der Waals surface area (Å²) in [4.78, 5) is 0. The number of hydrogen-bond donors (Lipinski definition) is 1. The van der Waals surface area contributed by atoms with Gasteiger partial charge in [0.15, 0.2) is 0 Å². The van der Waals surface area contributed by atoms with E-state index < -0.39 is 0 Å². The molecule has 1 atom stereocenters. The lowest BCUT2D eigenvalue weighted by molar-refractivity contribution is 0.168. The van der Waals surface area contributed by atoms with Crippen molar-refractivity contribution < 1.29 is 4.74 Å². The predicted octanol–water partition coefficient (Wildman–Crippen LogP) is 3.64. The van der Waals surface area contributed by atoms with Gasteiger partial charge in [-0.2, -0.15) is 0 Å². The summed E-state index contributed by atoms with van der Waals surface area (Å²) >= 11 is 2.33. The van der Waals surface area contributed by atoms with E-state index in [9.17, 15) is 0 Å². The average Bonchev–Trinajstić information content (AvgIpc) is 2.38. The summed E-state index contributed by atoms with van der Waals surface area (Å²) in [6.45, 7) is 3.92. The van der Waals surface area contributed by atoms with E-state index >= 15 is 0 Å². The molecule has 0 bridgehead atoms. The van der Waals surface area contributed by atoms with Gasteiger partial charge in [0, 0.05) is 3.57 Å². The van der Waals surface area contributed by atoms with Gasteiger partial charge in [-0.3, -0.25) is 0 Å². The summed E-state index contributed by atoms with van der Waals surface area (Å²) < 4.78 is 7.04. The number of hydrogen-bond acceptors (Lipinski definition) is 2. The van der Waals surface area contributed by atoms with Crippen LogP contribution in [0.3, 0.4) is 0 Å². The molecule has 2 nitrogen and oxygen atoms in total. The third kappa shape index (κ3) is 3.45. The third-order valence-corrected chi connectivity index (χ3v) is 3.58. The van der Waals surface area contributed by atoms with Crippen LogP contribution in [0.2, 0.25) is 0 Å². The van der Waals surface area contributed by atoms with E-state index in [1.807, 2.05) is 0 Å². The maximum atomic E-state index is 5.77. The van der Waals surface area contributed by atoms with Crippen molar-refractivity contribution in [1.29, 1.82) is 0 Å². The van der Waals surface area contributed by atoms with E-state index in [0.29, 0.717) is 0 Å². The molecular formula is C14H18INO. The van der Waals surface area contributed by atoms with Crippen LogP contribution in [0.1, 0.15) is 31.4 Å².